The van der Waals surface area contributed by atoms with Gasteiger partial charge in [-0.15, -0.1) is 0 Å². The summed E-state index contributed by atoms with van der Waals surface area (Å²) in [6, 6.07) is 4.02. The molecule has 0 aromatic heterocycles. The molecular weight excluding hydrogens is 456 g/mol. The van der Waals surface area contributed by atoms with Crippen molar-refractivity contribution in [3.05, 3.63) is 35.9 Å². The predicted molar refractivity (Wildman–Crippen MR) is 128 cm³/mol. The zero-order chi connectivity index (χ0) is 26.7. The number of amides is 3. The minimum Gasteiger partial charge on any atom is -0.481 e. The summed E-state index contributed by atoms with van der Waals surface area (Å²) in [5.74, 6) is -5.04. The van der Waals surface area contributed by atoms with Crippen LogP contribution in [-0.2, 0) is 30.4 Å². The summed E-state index contributed by atoms with van der Waals surface area (Å²) in [5.41, 5.74) is 6.59. The van der Waals surface area contributed by atoms with Gasteiger partial charge in [0.05, 0.1) is 12.5 Å². The summed E-state index contributed by atoms with van der Waals surface area (Å²) < 4.78 is 0. The highest BCUT2D eigenvalue weighted by molar-refractivity contribution is 5.94. The Bertz CT molecular complexity index is 889. The number of hydrogen-bond donors (Lipinski definition) is 6. The normalized spacial score (nSPS) is 14.5. The first kappa shape index (κ1) is 29.6. The molecular formula is C24H36N4O7. The lowest BCUT2D eigenvalue weighted by atomic mass is 9.99. The lowest BCUT2D eigenvalue weighted by Crippen LogP contribution is -2.58. The molecule has 0 radical (unpaired) electrons. The van der Waals surface area contributed by atoms with Gasteiger partial charge in [0.15, 0.2) is 0 Å². The number of hydrogen-bond acceptors (Lipinski definition) is 6. The van der Waals surface area contributed by atoms with Gasteiger partial charge in [0.1, 0.15) is 18.1 Å². The van der Waals surface area contributed by atoms with Crippen molar-refractivity contribution in [3.63, 3.8) is 0 Å². The van der Waals surface area contributed by atoms with Crippen molar-refractivity contribution in [1.29, 1.82) is 0 Å². The Labute approximate surface area is 204 Å². The smallest absolute Gasteiger partial charge is 0.326 e. The molecule has 11 heteroatoms. The lowest BCUT2D eigenvalue weighted by Gasteiger charge is -2.26. The molecule has 0 aliphatic rings. The van der Waals surface area contributed by atoms with E-state index in [-0.39, 0.29) is 24.7 Å². The first-order valence-electron chi connectivity index (χ1n) is 11.5. The fourth-order valence-corrected chi connectivity index (χ4v) is 3.25. The molecule has 0 spiro atoms. The second-order valence-corrected chi connectivity index (χ2v) is 9.21. The van der Waals surface area contributed by atoms with Crippen LogP contribution in [0.3, 0.4) is 0 Å². The summed E-state index contributed by atoms with van der Waals surface area (Å²) in [4.78, 5) is 61.0. The number of carboxylic acids is 2. The van der Waals surface area contributed by atoms with Gasteiger partial charge in [0.25, 0.3) is 0 Å². The summed E-state index contributed by atoms with van der Waals surface area (Å²) in [6.45, 7) is 7.29. The largest absolute Gasteiger partial charge is 0.481 e. The monoisotopic (exact) mass is 492 g/mol. The molecule has 3 amide bonds. The molecule has 194 valence electrons. The van der Waals surface area contributed by atoms with Crippen LogP contribution in [0.2, 0.25) is 0 Å². The molecule has 0 saturated heterocycles. The van der Waals surface area contributed by atoms with E-state index in [4.69, 9.17) is 10.8 Å². The molecule has 0 fully saturated rings. The maximum absolute atomic E-state index is 13.2. The Morgan fingerprint density at radius 3 is 1.80 bits per heavy atom. The van der Waals surface area contributed by atoms with Crippen LogP contribution in [0.4, 0.5) is 0 Å². The predicted octanol–water partition coefficient (Wildman–Crippen LogP) is 0.272. The van der Waals surface area contributed by atoms with Crippen molar-refractivity contribution in [2.75, 3.05) is 0 Å². The van der Waals surface area contributed by atoms with Crippen LogP contribution in [-0.4, -0.2) is 64.0 Å². The van der Waals surface area contributed by atoms with E-state index in [0.717, 1.165) is 0 Å². The van der Waals surface area contributed by atoms with Crippen molar-refractivity contribution in [2.24, 2.45) is 17.6 Å². The second kappa shape index (κ2) is 14.1. The zero-order valence-electron chi connectivity index (χ0n) is 20.5. The standard InChI is InChI=1S/C24H36N4O7/c1-13(2)10-16(27-23(33)20(25)14(3)4)21(31)26-17(11-15-8-6-5-7-9-15)22(32)28-18(24(34)35)12-19(29)30/h5-9,13-14,16-18,20H,10-12,25H2,1-4H3,(H,26,31)(H,27,33)(H,28,32)(H,29,30)(H,34,35). The van der Waals surface area contributed by atoms with Gasteiger partial charge in [0.2, 0.25) is 17.7 Å². The summed E-state index contributed by atoms with van der Waals surface area (Å²) in [7, 11) is 0. The third-order valence-corrected chi connectivity index (χ3v) is 5.27. The highest BCUT2D eigenvalue weighted by Gasteiger charge is 2.31. The van der Waals surface area contributed by atoms with Crippen LogP contribution in [0.1, 0.15) is 46.1 Å². The molecule has 4 unspecified atom stereocenters. The number of carbonyl (C=O) groups is 5. The summed E-state index contributed by atoms with van der Waals surface area (Å²) >= 11 is 0. The average Bonchev–Trinajstić information content (AvgIpc) is 2.76. The van der Waals surface area contributed by atoms with Crippen molar-refractivity contribution < 1.29 is 34.2 Å². The van der Waals surface area contributed by atoms with Crippen LogP contribution in [0.5, 0.6) is 0 Å². The van der Waals surface area contributed by atoms with Gasteiger partial charge in [-0.3, -0.25) is 19.2 Å². The van der Waals surface area contributed by atoms with Crippen LogP contribution < -0.4 is 21.7 Å². The van der Waals surface area contributed by atoms with E-state index in [1.165, 1.54) is 0 Å². The van der Waals surface area contributed by atoms with Gasteiger partial charge in [-0.25, -0.2) is 4.79 Å². The SMILES string of the molecule is CC(C)CC(NC(=O)C(N)C(C)C)C(=O)NC(Cc1ccccc1)C(=O)NC(CC(=O)O)C(=O)O. The van der Waals surface area contributed by atoms with Crippen molar-refractivity contribution >= 4 is 29.7 Å². The first-order valence-corrected chi connectivity index (χ1v) is 11.5. The van der Waals surface area contributed by atoms with E-state index in [1.54, 1.807) is 44.2 Å². The van der Waals surface area contributed by atoms with E-state index < -0.39 is 60.2 Å². The maximum atomic E-state index is 13.2. The third-order valence-electron chi connectivity index (χ3n) is 5.27. The van der Waals surface area contributed by atoms with Crippen LogP contribution in [0, 0.1) is 11.8 Å². The van der Waals surface area contributed by atoms with Crippen LogP contribution in [0.15, 0.2) is 30.3 Å². The molecule has 1 rings (SSSR count). The van der Waals surface area contributed by atoms with E-state index in [1.807, 2.05) is 13.8 Å². The molecule has 0 bridgehead atoms. The van der Waals surface area contributed by atoms with Gasteiger partial charge in [-0.1, -0.05) is 58.0 Å². The highest BCUT2D eigenvalue weighted by Crippen LogP contribution is 2.10. The summed E-state index contributed by atoms with van der Waals surface area (Å²) in [6.07, 6.45) is -0.531. The van der Waals surface area contributed by atoms with Gasteiger partial charge >= 0.3 is 11.9 Å². The molecule has 0 aliphatic heterocycles. The molecule has 11 nitrogen and oxygen atoms in total. The Hall–Kier alpha value is -3.47. The number of benzene rings is 1. The van der Waals surface area contributed by atoms with Gasteiger partial charge in [-0.05, 0) is 23.8 Å². The number of aliphatic carboxylic acids is 2. The minimum absolute atomic E-state index is 0.0195. The van der Waals surface area contributed by atoms with Gasteiger partial charge < -0.3 is 31.9 Å². The molecule has 35 heavy (non-hydrogen) atoms. The summed E-state index contributed by atoms with van der Waals surface area (Å²) in [5, 5.41) is 25.7. The molecule has 1 aromatic rings. The Morgan fingerprint density at radius 2 is 1.31 bits per heavy atom. The third kappa shape index (κ3) is 10.6. The number of nitrogens with one attached hydrogen (secondary N) is 3. The number of carbonyl (C=O) groups excluding carboxylic acids is 3. The van der Waals surface area contributed by atoms with E-state index in [0.29, 0.717) is 5.56 Å². The topological polar surface area (TPSA) is 188 Å². The lowest BCUT2D eigenvalue weighted by molar-refractivity contribution is -0.147. The van der Waals surface area contributed by atoms with Crippen molar-refractivity contribution in [2.45, 2.75) is 71.1 Å². The van der Waals surface area contributed by atoms with E-state index >= 15 is 0 Å². The Kier molecular flexibility index (Phi) is 11.9. The van der Waals surface area contributed by atoms with Crippen molar-refractivity contribution in [3.8, 4) is 0 Å². The maximum Gasteiger partial charge on any atom is 0.326 e. The van der Waals surface area contributed by atoms with Gasteiger partial charge in [-0.2, -0.15) is 0 Å². The second-order valence-electron chi connectivity index (χ2n) is 9.21. The minimum atomic E-state index is -1.68. The molecule has 1 aromatic carbocycles. The van der Waals surface area contributed by atoms with Crippen LogP contribution in [0.25, 0.3) is 0 Å². The average molecular weight is 493 g/mol. The fraction of sp³-hybridized carbons (Fsp3) is 0.542. The Balaban J connectivity index is 3.14. The molecule has 0 saturated carbocycles. The number of carboxylic acid groups (broad SMARTS) is 2. The van der Waals surface area contributed by atoms with Crippen molar-refractivity contribution in [1.82, 2.24) is 16.0 Å². The quantitative estimate of drug-likeness (QED) is 0.213. The van der Waals surface area contributed by atoms with E-state index in [9.17, 15) is 29.1 Å². The number of nitrogens with two attached hydrogens (primary N) is 1. The first-order chi connectivity index (χ1) is 16.3. The van der Waals surface area contributed by atoms with E-state index in [2.05, 4.69) is 16.0 Å². The zero-order valence-corrected chi connectivity index (χ0v) is 20.5. The molecule has 0 aliphatic carbocycles. The highest BCUT2D eigenvalue weighted by atomic mass is 16.4. The fourth-order valence-electron chi connectivity index (χ4n) is 3.25. The molecule has 7 N–H and O–H groups in total. The number of rotatable bonds is 14. The molecule has 0 heterocycles. The molecule has 4 atom stereocenters. The van der Waals surface area contributed by atoms with Crippen LogP contribution >= 0.6 is 0 Å². The Morgan fingerprint density at radius 1 is 0.800 bits per heavy atom. The van der Waals surface area contributed by atoms with Gasteiger partial charge in [0, 0.05) is 6.42 Å².